The Labute approximate surface area is 124 Å². The highest BCUT2D eigenvalue weighted by Gasteiger charge is 2.31. The third-order valence-electron chi connectivity index (χ3n) is 3.72. The highest BCUT2D eigenvalue weighted by Crippen LogP contribution is 2.30. The number of nitrogens with zero attached hydrogens (tertiary/aromatic N) is 2. The maximum Gasteiger partial charge on any atom is 0.261 e. The van der Waals surface area contributed by atoms with E-state index in [2.05, 4.69) is 9.97 Å². The Balaban J connectivity index is 1.63. The number of hydrogen-bond acceptors (Lipinski definition) is 3. The Hall–Kier alpha value is -2.30. The van der Waals surface area contributed by atoms with E-state index in [1.165, 1.54) is 0 Å². The van der Waals surface area contributed by atoms with Crippen LogP contribution < -0.4 is 4.74 Å². The second-order valence-corrected chi connectivity index (χ2v) is 5.30. The van der Waals surface area contributed by atoms with Gasteiger partial charge in [0.05, 0.1) is 6.04 Å². The number of aromatic amines is 1. The van der Waals surface area contributed by atoms with E-state index < -0.39 is 0 Å². The van der Waals surface area contributed by atoms with Gasteiger partial charge in [-0.25, -0.2) is 4.98 Å². The summed E-state index contributed by atoms with van der Waals surface area (Å²) in [5.74, 6) is 1.60. The zero-order valence-corrected chi connectivity index (χ0v) is 12.1. The van der Waals surface area contributed by atoms with Gasteiger partial charge < -0.3 is 14.6 Å². The van der Waals surface area contributed by atoms with E-state index >= 15 is 0 Å². The van der Waals surface area contributed by atoms with Crippen molar-refractivity contribution in [3.05, 3.63) is 48.0 Å². The number of aromatic nitrogens is 2. The average molecular weight is 285 g/mol. The van der Waals surface area contributed by atoms with Crippen molar-refractivity contribution in [2.45, 2.75) is 25.8 Å². The Morgan fingerprint density at radius 2 is 2.24 bits per heavy atom. The number of ether oxygens (including phenoxy) is 1. The normalized spacial score (nSPS) is 18.0. The van der Waals surface area contributed by atoms with Gasteiger partial charge in [0.15, 0.2) is 6.61 Å². The summed E-state index contributed by atoms with van der Waals surface area (Å²) in [6.45, 7) is 2.80. The third-order valence-corrected chi connectivity index (χ3v) is 3.72. The minimum Gasteiger partial charge on any atom is -0.484 e. The minimum atomic E-state index is 0.00964. The zero-order chi connectivity index (χ0) is 14.7. The number of imidazole rings is 1. The average Bonchev–Trinajstić information content (AvgIpc) is 3.14. The number of hydrogen-bond donors (Lipinski definition) is 1. The van der Waals surface area contributed by atoms with Crippen molar-refractivity contribution < 1.29 is 9.53 Å². The first kappa shape index (κ1) is 13.7. The van der Waals surface area contributed by atoms with Crippen LogP contribution in [0.25, 0.3) is 0 Å². The molecule has 1 aliphatic heterocycles. The molecule has 0 spiro atoms. The molecule has 1 aliphatic rings. The third kappa shape index (κ3) is 3.07. The van der Waals surface area contributed by atoms with E-state index in [9.17, 15) is 4.79 Å². The van der Waals surface area contributed by atoms with Gasteiger partial charge in [-0.05, 0) is 31.9 Å². The van der Waals surface area contributed by atoms with Crippen molar-refractivity contribution in [2.75, 3.05) is 13.2 Å². The van der Waals surface area contributed by atoms with E-state index in [-0.39, 0.29) is 18.6 Å². The predicted molar refractivity (Wildman–Crippen MR) is 78.9 cm³/mol. The van der Waals surface area contributed by atoms with E-state index in [1.807, 2.05) is 42.2 Å². The van der Waals surface area contributed by atoms with Crippen LogP contribution in [0.3, 0.4) is 0 Å². The maximum absolute atomic E-state index is 12.4. The number of carbonyl (C=O) groups is 1. The molecule has 1 aromatic heterocycles. The molecular formula is C16H19N3O2. The van der Waals surface area contributed by atoms with E-state index in [4.69, 9.17) is 4.74 Å². The molecule has 0 saturated carbocycles. The molecule has 1 atom stereocenters. The van der Waals surface area contributed by atoms with Crippen LogP contribution in [0.5, 0.6) is 5.75 Å². The summed E-state index contributed by atoms with van der Waals surface area (Å²) in [7, 11) is 0. The lowest BCUT2D eigenvalue weighted by molar-refractivity contribution is -0.134. The molecule has 110 valence electrons. The number of aryl methyl sites for hydroxylation is 1. The van der Waals surface area contributed by atoms with Crippen LogP contribution in [0, 0.1) is 6.92 Å². The molecule has 1 aromatic carbocycles. The Morgan fingerprint density at radius 3 is 2.95 bits per heavy atom. The molecule has 5 nitrogen and oxygen atoms in total. The van der Waals surface area contributed by atoms with Crippen LogP contribution >= 0.6 is 0 Å². The quantitative estimate of drug-likeness (QED) is 0.938. The molecule has 21 heavy (non-hydrogen) atoms. The summed E-state index contributed by atoms with van der Waals surface area (Å²) in [6.07, 6.45) is 3.75. The zero-order valence-electron chi connectivity index (χ0n) is 12.1. The first-order chi connectivity index (χ1) is 10.2. The van der Waals surface area contributed by atoms with Gasteiger partial charge in [0.2, 0.25) is 0 Å². The number of rotatable bonds is 4. The van der Waals surface area contributed by atoms with Gasteiger partial charge in [0, 0.05) is 18.4 Å². The molecule has 1 amide bonds. The van der Waals surface area contributed by atoms with Gasteiger partial charge in [-0.1, -0.05) is 18.2 Å². The van der Waals surface area contributed by atoms with Gasteiger partial charge in [0.1, 0.15) is 11.6 Å². The molecule has 0 aliphatic carbocycles. The Kier molecular flexibility index (Phi) is 3.90. The number of para-hydroxylation sites is 1. The fourth-order valence-corrected chi connectivity index (χ4v) is 2.70. The molecule has 3 rings (SSSR count). The summed E-state index contributed by atoms with van der Waals surface area (Å²) >= 11 is 0. The van der Waals surface area contributed by atoms with Crippen molar-refractivity contribution in [1.82, 2.24) is 14.9 Å². The van der Waals surface area contributed by atoms with Gasteiger partial charge in [0.25, 0.3) is 5.91 Å². The molecule has 0 radical (unpaired) electrons. The SMILES string of the molecule is Cc1cnc([C@@H]2CCCN2C(=O)COc2ccccc2)[nH]1. The number of nitrogens with one attached hydrogen (secondary N) is 1. The predicted octanol–water partition coefficient (Wildman–Crippen LogP) is 2.46. The van der Waals surface area contributed by atoms with Crippen LogP contribution in [0.2, 0.25) is 0 Å². The van der Waals surface area contributed by atoms with Crippen molar-refractivity contribution in [3.8, 4) is 5.75 Å². The monoisotopic (exact) mass is 285 g/mol. The van der Waals surface area contributed by atoms with Gasteiger partial charge in [-0.3, -0.25) is 4.79 Å². The summed E-state index contributed by atoms with van der Waals surface area (Å²) in [6, 6.07) is 9.46. The van der Waals surface area contributed by atoms with E-state index in [0.717, 1.165) is 36.7 Å². The van der Waals surface area contributed by atoms with Gasteiger partial charge in [-0.15, -0.1) is 0 Å². The second kappa shape index (κ2) is 5.99. The van der Waals surface area contributed by atoms with E-state index in [1.54, 1.807) is 6.20 Å². The van der Waals surface area contributed by atoms with Crippen LogP contribution in [-0.2, 0) is 4.79 Å². The lowest BCUT2D eigenvalue weighted by atomic mass is 10.2. The van der Waals surface area contributed by atoms with Crippen LogP contribution in [0.4, 0.5) is 0 Å². The van der Waals surface area contributed by atoms with Crippen molar-refractivity contribution in [1.29, 1.82) is 0 Å². The van der Waals surface area contributed by atoms with Crippen LogP contribution in [-0.4, -0.2) is 33.9 Å². The highest BCUT2D eigenvalue weighted by molar-refractivity contribution is 5.78. The van der Waals surface area contributed by atoms with Crippen molar-refractivity contribution in [3.63, 3.8) is 0 Å². The highest BCUT2D eigenvalue weighted by atomic mass is 16.5. The van der Waals surface area contributed by atoms with Crippen molar-refractivity contribution >= 4 is 5.91 Å². The van der Waals surface area contributed by atoms with E-state index in [0.29, 0.717) is 0 Å². The lowest BCUT2D eigenvalue weighted by Gasteiger charge is -2.23. The topological polar surface area (TPSA) is 58.2 Å². The summed E-state index contributed by atoms with van der Waals surface area (Å²) in [4.78, 5) is 21.8. The first-order valence-electron chi connectivity index (χ1n) is 7.23. The van der Waals surface area contributed by atoms with Gasteiger partial charge >= 0.3 is 0 Å². The Morgan fingerprint density at radius 1 is 1.43 bits per heavy atom. The maximum atomic E-state index is 12.4. The molecule has 1 N–H and O–H groups in total. The molecular weight excluding hydrogens is 266 g/mol. The molecule has 5 heteroatoms. The minimum absolute atomic E-state index is 0.00964. The first-order valence-corrected chi connectivity index (χ1v) is 7.23. The molecule has 2 aromatic rings. The fraction of sp³-hybridized carbons (Fsp3) is 0.375. The lowest BCUT2D eigenvalue weighted by Crippen LogP contribution is -2.34. The largest absolute Gasteiger partial charge is 0.484 e. The number of carbonyl (C=O) groups excluding carboxylic acids is 1. The Bertz CT molecular complexity index is 609. The molecule has 2 heterocycles. The number of benzene rings is 1. The number of H-pyrrole nitrogens is 1. The summed E-state index contributed by atoms with van der Waals surface area (Å²) < 4.78 is 5.55. The molecule has 0 unspecified atom stereocenters. The second-order valence-electron chi connectivity index (χ2n) is 5.30. The summed E-state index contributed by atoms with van der Waals surface area (Å²) in [5, 5.41) is 0. The molecule has 1 fully saturated rings. The van der Waals surface area contributed by atoms with Crippen LogP contribution in [0.1, 0.15) is 30.4 Å². The van der Waals surface area contributed by atoms with Crippen LogP contribution in [0.15, 0.2) is 36.5 Å². The molecule has 1 saturated heterocycles. The number of likely N-dealkylation sites (tertiary alicyclic amines) is 1. The number of amides is 1. The summed E-state index contributed by atoms with van der Waals surface area (Å²) in [5.41, 5.74) is 1.02. The smallest absolute Gasteiger partial charge is 0.261 e. The standard InChI is InChI=1S/C16H19N3O2/c1-12-10-17-16(18-12)14-8-5-9-19(14)15(20)11-21-13-6-3-2-4-7-13/h2-4,6-7,10,14H,5,8-9,11H2,1H3,(H,17,18)/t14-/m0/s1. The fourth-order valence-electron chi connectivity index (χ4n) is 2.70. The van der Waals surface area contributed by atoms with Crippen molar-refractivity contribution in [2.24, 2.45) is 0 Å². The molecule has 0 bridgehead atoms. The van der Waals surface area contributed by atoms with Gasteiger partial charge in [-0.2, -0.15) is 0 Å².